The molecule has 2 aliphatic rings. The van der Waals surface area contributed by atoms with E-state index < -0.39 is 0 Å². The van der Waals surface area contributed by atoms with Crippen molar-refractivity contribution in [3.63, 3.8) is 0 Å². The van der Waals surface area contributed by atoms with E-state index in [2.05, 4.69) is 6.92 Å². The van der Waals surface area contributed by atoms with Crippen molar-refractivity contribution < 1.29 is 14.0 Å². The number of unbranched alkanes of at least 4 members (excludes halogenated alkanes) is 1. The minimum atomic E-state index is -0.372. The van der Waals surface area contributed by atoms with E-state index >= 15 is 0 Å². The topological polar surface area (TPSA) is 53.8 Å². The van der Waals surface area contributed by atoms with Crippen molar-refractivity contribution in [2.24, 2.45) is 5.41 Å². The van der Waals surface area contributed by atoms with E-state index in [1.807, 2.05) is 41.6 Å². The molecule has 1 aromatic rings. The van der Waals surface area contributed by atoms with Gasteiger partial charge in [-0.3, -0.25) is 9.59 Å². The summed E-state index contributed by atoms with van der Waals surface area (Å²) in [6, 6.07) is 1.90. The molecule has 2 fully saturated rings. The monoisotopic (exact) mass is 378 g/mol. The summed E-state index contributed by atoms with van der Waals surface area (Å²) in [4.78, 5) is 29.2. The van der Waals surface area contributed by atoms with Gasteiger partial charge in [0, 0.05) is 38.0 Å². The molecule has 6 heteroatoms. The third-order valence-corrected chi connectivity index (χ3v) is 6.81. The van der Waals surface area contributed by atoms with Gasteiger partial charge in [0.2, 0.25) is 5.91 Å². The second-order valence-corrected chi connectivity index (χ2v) is 8.79. The zero-order valence-electron chi connectivity index (χ0n) is 16.2. The van der Waals surface area contributed by atoms with Crippen molar-refractivity contribution in [2.75, 3.05) is 32.4 Å². The molecule has 0 N–H and O–H groups in total. The molecule has 2 aliphatic heterocycles. The van der Waals surface area contributed by atoms with Gasteiger partial charge in [0.25, 0.3) is 5.91 Å². The van der Waals surface area contributed by atoms with Crippen LogP contribution in [0.1, 0.15) is 60.9 Å². The van der Waals surface area contributed by atoms with Gasteiger partial charge in [-0.25, -0.2) is 0 Å². The van der Waals surface area contributed by atoms with Gasteiger partial charge in [-0.15, -0.1) is 0 Å². The molecule has 0 saturated carbocycles. The number of likely N-dealkylation sites (tertiary alicyclic amines) is 2. The Bertz CT molecular complexity index is 672. The molecule has 3 heterocycles. The van der Waals surface area contributed by atoms with Crippen molar-refractivity contribution in [2.45, 2.75) is 51.7 Å². The third-order valence-electron chi connectivity index (χ3n) is 5.72. The largest absolute Gasteiger partial charge is 0.456 e. The number of furan rings is 1. The van der Waals surface area contributed by atoms with Crippen molar-refractivity contribution in [3.8, 4) is 0 Å². The quantitative estimate of drug-likeness (QED) is 0.708. The molecule has 0 radical (unpaired) electrons. The maximum absolute atomic E-state index is 12.9. The molecule has 5 nitrogen and oxygen atoms in total. The fourth-order valence-electron chi connectivity index (χ4n) is 4.05. The van der Waals surface area contributed by atoms with Crippen LogP contribution in [0.2, 0.25) is 0 Å². The standard InChI is InChI=1S/C20H30N2O3S/c1-4-5-11-26-13-16-12-17(25-15(16)2)18(23)22-10-8-20(14-22)7-6-9-21(3)19(20)24/h12H,4-11,13-14H2,1-3H3. The van der Waals surface area contributed by atoms with Crippen LogP contribution >= 0.6 is 11.8 Å². The van der Waals surface area contributed by atoms with Crippen molar-refractivity contribution in [1.29, 1.82) is 0 Å². The molecule has 0 aliphatic carbocycles. The summed E-state index contributed by atoms with van der Waals surface area (Å²) in [5, 5.41) is 0. The Hall–Kier alpha value is -1.43. The van der Waals surface area contributed by atoms with E-state index in [0.717, 1.165) is 48.6 Å². The number of rotatable bonds is 6. The van der Waals surface area contributed by atoms with Crippen LogP contribution in [0.25, 0.3) is 0 Å². The molecule has 26 heavy (non-hydrogen) atoms. The highest BCUT2D eigenvalue weighted by Crippen LogP contribution is 2.40. The van der Waals surface area contributed by atoms with Crippen LogP contribution in [0.4, 0.5) is 0 Å². The molecule has 3 rings (SSSR count). The Morgan fingerprint density at radius 2 is 2.15 bits per heavy atom. The van der Waals surface area contributed by atoms with E-state index in [0.29, 0.717) is 18.8 Å². The number of hydrogen-bond donors (Lipinski definition) is 0. The molecule has 0 aromatic carbocycles. The maximum Gasteiger partial charge on any atom is 0.289 e. The first-order chi connectivity index (χ1) is 12.5. The lowest BCUT2D eigenvalue weighted by Gasteiger charge is -2.37. The van der Waals surface area contributed by atoms with Gasteiger partial charge in [0.1, 0.15) is 5.76 Å². The third kappa shape index (κ3) is 3.80. The molecular formula is C20H30N2O3S. The zero-order chi connectivity index (χ0) is 18.7. The lowest BCUT2D eigenvalue weighted by atomic mass is 9.78. The van der Waals surface area contributed by atoms with Gasteiger partial charge < -0.3 is 14.2 Å². The highest BCUT2D eigenvalue weighted by atomic mass is 32.2. The van der Waals surface area contributed by atoms with Gasteiger partial charge in [0.15, 0.2) is 5.76 Å². The fraction of sp³-hybridized carbons (Fsp3) is 0.700. The summed E-state index contributed by atoms with van der Waals surface area (Å²) in [6.07, 6.45) is 5.08. The minimum absolute atomic E-state index is 0.0733. The molecule has 1 aromatic heterocycles. The molecule has 2 saturated heterocycles. The van der Waals surface area contributed by atoms with Crippen LogP contribution in [-0.4, -0.2) is 54.0 Å². The van der Waals surface area contributed by atoms with Gasteiger partial charge in [-0.2, -0.15) is 11.8 Å². The molecule has 1 atom stereocenters. The van der Waals surface area contributed by atoms with Crippen molar-refractivity contribution in [1.82, 2.24) is 9.80 Å². The summed E-state index contributed by atoms with van der Waals surface area (Å²) >= 11 is 1.89. The predicted molar refractivity (Wildman–Crippen MR) is 104 cm³/mol. The summed E-state index contributed by atoms with van der Waals surface area (Å²) < 4.78 is 5.77. The highest BCUT2D eigenvalue weighted by molar-refractivity contribution is 7.98. The lowest BCUT2D eigenvalue weighted by Crippen LogP contribution is -2.48. The molecule has 144 valence electrons. The molecule has 0 bridgehead atoms. The Morgan fingerprint density at radius 3 is 2.92 bits per heavy atom. The average Bonchev–Trinajstić information content (AvgIpc) is 3.21. The first kappa shape index (κ1) is 19.3. The first-order valence-electron chi connectivity index (χ1n) is 9.69. The maximum atomic E-state index is 12.9. The van der Waals surface area contributed by atoms with Crippen LogP contribution in [-0.2, 0) is 10.5 Å². The molecular weight excluding hydrogens is 348 g/mol. The summed E-state index contributed by atoms with van der Waals surface area (Å²) in [5.41, 5.74) is 0.736. The van der Waals surface area contributed by atoms with E-state index in [1.54, 1.807) is 0 Å². The molecule has 1 spiro atoms. The van der Waals surface area contributed by atoms with Crippen LogP contribution in [0.3, 0.4) is 0 Å². The second kappa shape index (κ2) is 8.07. The Kier molecular flexibility index (Phi) is 6.00. The normalized spacial score (nSPS) is 23.3. The number of piperidine rings is 1. The molecule has 2 amide bonds. The Balaban J connectivity index is 1.64. The predicted octanol–water partition coefficient (Wildman–Crippen LogP) is 3.71. The van der Waals surface area contributed by atoms with Crippen LogP contribution in [0.5, 0.6) is 0 Å². The smallest absolute Gasteiger partial charge is 0.289 e. The lowest BCUT2D eigenvalue weighted by molar-refractivity contribution is -0.143. The number of carbonyl (C=O) groups excluding carboxylic acids is 2. The summed E-state index contributed by atoms with van der Waals surface area (Å²) in [6.45, 7) is 6.11. The van der Waals surface area contributed by atoms with Crippen LogP contribution in [0.15, 0.2) is 10.5 Å². The summed E-state index contributed by atoms with van der Waals surface area (Å²) in [7, 11) is 1.87. The number of hydrogen-bond acceptors (Lipinski definition) is 4. The highest BCUT2D eigenvalue weighted by Gasteiger charge is 2.49. The van der Waals surface area contributed by atoms with Gasteiger partial charge in [-0.1, -0.05) is 13.3 Å². The number of thioether (sulfide) groups is 1. The number of nitrogens with zero attached hydrogens (tertiary/aromatic N) is 2. The number of carbonyl (C=O) groups is 2. The van der Waals surface area contributed by atoms with Gasteiger partial charge in [0.05, 0.1) is 5.41 Å². The van der Waals surface area contributed by atoms with Gasteiger partial charge in [-0.05, 0) is 44.4 Å². The summed E-state index contributed by atoms with van der Waals surface area (Å²) in [5.74, 6) is 3.39. The van der Waals surface area contributed by atoms with Crippen molar-refractivity contribution in [3.05, 3.63) is 23.2 Å². The molecule has 1 unspecified atom stereocenters. The van der Waals surface area contributed by atoms with E-state index in [1.165, 1.54) is 12.8 Å². The average molecular weight is 379 g/mol. The number of amides is 2. The Labute approximate surface area is 160 Å². The van der Waals surface area contributed by atoms with E-state index in [4.69, 9.17) is 4.42 Å². The Morgan fingerprint density at radius 1 is 1.35 bits per heavy atom. The number of aryl methyl sites for hydroxylation is 1. The minimum Gasteiger partial charge on any atom is -0.456 e. The van der Waals surface area contributed by atoms with Crippen LogP contribution < -0.4 is 0 Å². The van der Waals surface area contributed by atoms with E-state index in [9.17, 15) is 9.59 Å². The fourth-order valence-corrected chi connectivity index (χ4v) is 5.19. The van der Waals surface area contributed by atoms with Crippen molar-refractivity contribution >= 4 is 23.6 Å². The second-order valence-electron chi connectivity index (χ2n) is 7.69. The van der Waals surface area contributed by atoms with E-state index in [-0.39, 0.29) is 17.2 Å². The van der Waals surface area contributed by atoms with Crippen LogP contribution in [0, 0.1) is 12.3 Å². The SMILES string of the molecule is CCCCSCc1cc(C(=O)N2CCC3(CCCN(C)C3=O)C2)oc1C. The zero-order valence-corrected chi connectivity index (χ0v) is 17.0. The van der Waals surface area contributed by atoms with Gasteiger partial charge >= 0.3 is 0 Å². The first-order valence-corrected chi connectivity index (χ1v) is 10.8.